The van der Waals surface area contributed by atoms with Gasteiger partial charge in [-0.25, -0.2) is 8.42 Å². The van der Waals surface area contributed by atoms with Gasteiger partial charge in [0, 0.05) is 20.0 Å². The van der Waals surface area contributed by atoms with E-state index in [9.17, 15) is 23.3 Å². The van der Waals surface area contributed by atoms with Crippen LogP contribution in [0.5, 0.6) is 5.75 Å². The van der Waals surface area contributed by atoms with Gasteiger partial charge in [-0.15, -0.1) is 0 Å². The van der Waals surface area contributed by atoms with Crippen molar-refractivity contribution >= 4 is 39.0 Å². The third-order valence-corrected chi connectivity index (χ3v) is 7.15. The molecule has 1 aromatic heterocycles. The average molecular weight is 483 g/mol. The van der Waals surface area contributed by atoms with E-state index in [1.807, 2.05) is 0 Å². The zero-order valence-electron chi connectivity index (χ0n) is 17.4. The topological polar surface area (TPSA) is 132 Å². The highest BCUT2D eigenvalue weighted by atomic mass is 35.5. The van der Waals surface area contributed by atoms with E-state index in [1.165, 1.54) is 34.6 Å². The molecule has 0 spiro atoms. The van der Waals surface area contributed by atoms with Gasteiger partial charge in [-0.3, -0.25) is 4.79 Å². The largest absolute Gasteiger partial charge is 0.476 e. The first kappa shape index (κ1) is 23.9. The summed E-state index contributed by atoms with van der Waals surface area (Å²) in [6.45, 7) is 1.94. The van der Waals surface area contributed by atoms with Crippen LogP contribution in [0, 0.1) is 17.0 Å². The Balaban J connectivity index is 1.72. The van der Waals surface area contributed by atoms with Gasteiger partial charge in [-0.05, 0) is 53.1 Å². The number of halogens is 1. The van der Waals surface area contributed by atoms with Crippen LogP contribution >= 0.6 is 11.6 Å². The molecule has 0 aliphatic carbocycles. The van der Waals surface area contributed by atoms with Crippen LogP contribution in [0.2, 0.25) is 5.02 Å². The van der Waals surface area contributed by atoms with Gasteiger partial charge in [0.25, 0.3) is 5.91 Å². The lowest BCUT2D eigenvalue weighted by atomic mass is 10.2. The van der Waals surface area contributed by atoms with Crippen LogP contribution in [0.4, 0.5) is 11.5 Å². The summed E-state index contributed by atoms with van der Waals surface area (Å²) in [6.07, 6.45) is 3.58. The molecule has 1 fully saturated rings. The van der Waals surface area contributed by atoms with Crippen molar-refractivity contribution in [3.63, 3.8) is 0 Å². The molecule has 1 aromatic carbocycles. The number of anilines is 1. The minimum Gasteiger partial charge on any atom is -0.476 e. The molecule has 1 saturated heterocycles. The molecule has 10 nitrogen and oxygen atoms in total. The number of carbonyl (C=O) groups excluding carboxylic acids is 1. The summed E-state index contributed by atoms with van der Waals surface area (Å²) in [6, 6.07) is 6.98. The molecule has 2 aromatic rings. The normalized spacial score (nSPS) is 15.1. The summed E-state index contributed by atoms with van der Waals surface area (Å²) in [5, 5.41) is 13.8. The number of pyridine rings is 1. The molecule has 0 saturated carbocycles. The number of aromatic nitrogens is 1. The zero-order chi connectivity index (χ0) is 23.3. The van der Waals surface area contributed by atoms with Crippen molar-refractivity contribution < 1.29 is 22.9 Å². The van der Waals surface area contributed by atoms with Gasteiger partial charge >= 0.3 is 5.82 Å². The fourth-order valence-corrected chi connectivity index (χ4v) is 5.00. The minimum absolute atomic E-state index is 0.0263. The van der Waals surface area contributed by atoms with E-state index in [2.05, 4.69) is 10.3 Å². The third kappa shape index (κ3) is 5.72. The van der Waals surface area contributed by atoms with Crippen LogP contribution in [0.15, 0.2) is 35.2 Å². The smallest absolute Gasteiger partial charge is 0.406 e. The van der Waals surface area contributed by atoms with Gasteiger partial charge in [0.15, 0.2) is 6.61 Å². The van der Waals surface area contributed by atoms with E-state index in [-0.39, 0.29) is 21.4 Å². The summed E-state index contributed by atoms with van der Waals surface area (Å²) in [7, 11) is -3.73. The Morgan fingerprint density at radius 3 is 2.56 bits per heavy atom. The number of amides is 1. The third-order valence-electron chi connectivity index (χ3n) is 4.92. The van der Waals surface area contributed by atoms with Crippen molar-refractivity contribution in [2.45, 2.75) is 37.5 Å². The van der Waals surface area contributed by atoms with Gasteiger partial charge < -0.3 is 20.2 Å². The molecular weight excluding hydrogens is 460 g/mol. The second-order valence-corrected chi connectivity index (χ2v) is 9.67. The number of nitrogens with zero attached hydrogens (tertiary/aromatic N) is 3. The van der Waals surface area contributed by atoms with E-state index in [0.29, 0.717) is 18.8 Å². The number of hydrogen-bond acceptors (Lipinski definition) is 7. The van der Waals surface area contributed by atoms with Crippen molar-refractivity contribution in [1.29, 1.82) is 0 Å². The van der Waals surface area contributed by atoms with Gasteiger partial charge in [0.05, 0.1) is 15.6 Å². The molecule has 1 aliphatic heterocycles. The molecule has 0 unspecified atom stereocenters. The fourth-order valence-electron chi connectivity index (χ4n) is 3.30. The molecule has 0 bridgehead atoms. The van der Waals surface area contributed by atoms with Crippen molar-refractivity contribution in [2.75, 3.05) is 25.0 Å². The summed E-state index contributed by atoms with van der Waals surface area (Å²) < 4.78 is 32.7. The lowest BCUT2D eigenvalue weighted by Gasteiger charge is -2.20. The van der Waals surface area contributed by atoms with Crippen LogP contribution in [-0.2, 0) is 14.8 Å². The predicted octanol–water partition coefficient (Wildman–Crippen LogP) is 3.53. The van der Waals surface area contributed by atoms with Crippen molar-refractivity contribution in [3.8, 4) is 5.75 Å². The summed E-state index contributed by atoms with van der Waals surface area (Å²) in [4.78, 5) is 26.6. The van der Waals surface area contributed by atoms with Crippen molar-refractivity contribution in [3.05, 3.63) is 51.2 Å². The molecule has 32 heavy (non-hydrogen) atoms. The minimum atomic E-state index is -3.73. The van der Waals surface area contributed by atoms with Gasteiger partial charge in [-0.1, -0.05) is 24.4 Å². The molecule has 2 heterocycles. The van der Waals surface area contributed by atoms with Gasteiger partial charge in [0.1, 0.15) is 5.69 Å². The van der Waals surface area contributed by atoms with Crippen LogP contribution in [-0.4, -0.2) is 48.2 Å². The Morgan fingerprint density at radius 1 is 1.22 bits per heavy atom. The highest BCUT2D eigenvalue weighted by Crippen LogP contribution is 2.29. The van der Waals surface area contributed by atoms with E-state index in [4.69, 9.17) is 16.3 Å². The molecule has 1 amide bonds. The summed E-state index contributed by atoms with van der Waals surface area (Å²) in [5.74, 6) is -1.31. The van der Waals surface area contributed by atoms with Gasteiger partial charge in [-0.2, -0.15) is 4.31 Å². The van der Waals surface area contributed by atoms with Gasteiger partial charge in [0.2, 0.25) is 15.8 Å². The number of nitrogens with one attached hydrogen (secondary N) is 1. The van der Waals surface area contributed by atoms with E-state index in [0.717, 1.165) is 25.7 Å². The SMILES string of the molecule is Cc1ccc(OCC(=O)Nc2cc(S(=O)(=O)N3CCCCCC3)ccc2Cl)c([N+](=O)[O-])n1. The quantitative estimate of drug-likeness (QED) is 0.471. The molecular formula is C20H23ClN4O6S. The molecule has 0 radical (unpaired) electrons. The van der Waals surface area contributed by atoms with Crippen molar-refractivity contribution in [1.82, 2.24) is 9.29 Å². The molecule has 1 aliphatic rings. The first-order valence-corrected chi connectivity index (χ1v) is 11.8. The molecule has 0 atom stereocenters. The Kier molecular flexibility index (Phi) is 7.64. The molecule has 1 N–H and O–H groups in total. The molecule has 12 heteroatoms. The van der Waals surface area contributed by atoms with E-state index < -0.39 is 33.3 Å². The Hall–Kier alpha value is -2.76. The Morgan fingerprint density at radius 2 is 1.91 bits per heavy atom. The van der Waals surface area contributed by atoms with E-state index >= 15 is 0 Å². The first-order chi connectivity index (χ1) is 15.2. The second kappa shape index (κ2) is 10.2. The number of rotatable bonds is 7. The maximum Gasteiger partial charge on any atom is 0.406 e. The Labute approximate surface area is 190 Å². The predicted molar refractivity (Wildman–Crippen MR) is 118 cm³/mol. The number of nitro groups is 1. The maximum atomic E-state index is 13.0. The second-order valence-electron chi connectivity index (χ2n) is 7.33. The number of aryl methyl sites for hydroxylation is 1. The lowest BCUT2D eigenvalue weighted by Crippen LogP contribution is -2.32. The molecule has 172 valence electrons. The first-order valence-electron chi connectivity index (χ1n) is 10.0. The lowest BCUT2D eigenvalue weighted by molar-refractivity contribution is -0.390. The molecule has 3 rings (SSSR count). The number of hydrogen-bond donors (Lipinski definition) is 1. The summed E-state index contributed by atoms with van der Waals surface area (Å²) >= 11 is 6.14. The number of carbonyl (C=O) groups is 1. The highest BCUT2D eigenvalue weighted by Gasteiger charge is 2.26. The highest BCUT2D eigenvalue weighted by molar-refractivity contribution is 7.89. The Bertz CT molecular complexity index is 1120. The fraction of sp³-hybridized carbons (Fsp3) is 0.400. The zero-order valence-corrected chi connectivity index (χ0v) is 19.0. The van der Waals surface area contributed by atoms with Crippen LogP contribution in [0.25, 0.3) is 0 Å². The van der Waals surface area contributed by atoms with Crippen molar-refractivity contribution in [2.24, 2.45) is 0 Å². The van der Waals surface area contributed by atoms with Crippen LogP contribution in [0.1, 0.15) is 31.4 Å². The number of ether oxygens (including phenoxy) is 1. The monoisotopic (exact) mass is 482 g/mol. The van der Waals surface area contributed by atoms with Crippen LogP contribution in [0.3, 0.4) is 0 Å². The summed E-state index contributed by atoms with van der Waals surface area (Å²) in [5.41, 5.74) is 0.537. The standard InChI is InChI=1S/C20H23ClN4O6S/c1-14-6-9-18(20(22-14)25(27)28)31-13-19(26)23-17-12-15(7-8-16(17)21)32(29,30)24-10-4-2-3-5-11-24/h6-9,12H,2-5,10-11,13H2,1H3,(H,23,26). The maximum absolute atomic E-state index is 13.0. The number of sulfonamides is 1. The number of benzene rings is 1. The average Bonchev–Trinajstić information content (AvgIpc) is 3.04. The van der Waals surface area contributed by atoms with E-state index in [1.54, 1.807) is 6.92 Å². The van der Waals surface area contributed by atoms with Crippen LogP contribution < -0.4 is 10.1 Å².